The zero-order valence-corrected chi connectivity index (χ0v) is 15.9. The number of likely N-dealkylation sites (tertiary alicyclic amines) is 2. The third-order valence-corrected chi connectivity index (χ3v) is 5.48. The lowest BCUT2D eigenvalue weighted by Crippen LogP contribution is -2.44. The average molecular weight is 354 g/mol. The number of hydrogen-bond acceptors (Lipinski definition) is 5. The van der Waals surface area contributed by atoms with Crippen molar-refractivity contribution >= 4 is 12.1 Å². The van der Waals surface area contributed by atoms with Crippen molar-refractivity contribution in [3.05, 3.63) is 0 Å². The van der Waals surface area contributed by atoms with Gasteiger partial charge in [-0.15, -0.1) is 0 Å². The SMILES string of the molecule is CCCCOC(=O)N1CCC(C2CCN(CC(=O)OCC)CC2)CC1. The first kappa shape index (κ1) is 20.0. The molecule has 2 rings (SSSR count). The third-order valence-electron chi connectivity index (χ3n) is 5.48. The second-order valence-corrected chi connectivity index (χ2v) is 7.21. The maximum absolute atomic E-state index is 12.0. The number of carbonyl (C=O) groups excluding carboxylic acids is 2. The van der Waals surface area contributed by atoms with Crippen molar-refractivity contribution in [3.8, 4) is 0 Å². The summed E-state index contributed by atoms with van der Waals surface area (Å²) in [6.07, 6.45) is 6.28. The summed E-state index contributed by atoms with van der Waals surface area (Å²) in [5.41, 5.74) is 0. The van der Waals surface area contributed by atoms with Crippen molar-refractivity contribution in [2.45, 2.75) is 52.4 Å². The molecule has 0 spiro atoms. The highest BCUT2D eigenvalue weighted by molar-refractivity contribution is 5.71. The van der Waals surface area contributed by atoms with Crippen LogP contribution < -0.4 is 0 Å². The third kappa shape index (κ3) is 6.49. The van der Waals surface area contributed by atoms with Crippen LogP contribution >= 0.6 is 0 Å². The van der Waals surface area contributed by atoms with E-state index in [0.717, 1.165) is 70.6 Å². The van der Waals surface area contributed by atoms with Gasteiger partial charge in [0.15, 0.2) is 0 Å². The molecule has 0 aromatic heterocycles. The van der Waals surface area contributed by atoms with Crippen LogP contribution in [0.4, 0.5) is 4.79 Å². The standard InChI is InChI=1S/C19H34N2O4/c1-3-5-14-25-19(23)21-12-8-17(9-13-21)16-6-10-20(11-7-16)15-18(22)24-4-2/h16-17H,3-15H2,1-2H3. The number of unbranched alkanes of at least 4 members (excludes halogenated alkanes) is 1. The van der Waals surface area contributed by atoms with E-state index < -0.39 is 0 Å². The van der Waals surface area contributed by atoms with Crippen LogP contribution in [-0.2, 0) is 14.3 Å². The lowest BCUT2D eigenvalue weighted by molar-refractivity contribution is -0.144. The second-order valence-electron chi connectivity index (χ2n) is 7.21. The largest absolute Gasteiger partial charge is 0.465 e. The molecule has 0 radical (unpaired) electrons. The molecule has 0 unspecified atom stereocenters. The van der Waals surface area contributed by atoms with E-state index in [1.165, 1.54) is 0 Å². The molecule has 2 aliphatic heterocycles. The van der Waals surface area contributed by atoms with Gasteiger partial charge in [-0.05, 0) is 64.0 Å². The molecule has 0 aliphatic carbocycles. The van der Waals surface area contributed by atoms with Gasteiger partial charge in [0.2, 0.25) is 0 Å². The molecule has 0 aromatic carbocycles. The summed E-state index contributed by atoms with van der Waals surface area (Å²) in [7, 11) is 0. The van der Waals surface area contributed by atoms with Crippen LogP contribution in [0.25, 0.3) is 0 Å². The topological polar surface area (TPSA) is 59.1 Å². The van der Waals surface area contributed by atoms with E-state index in [4.69, 9.17) is 9.47 Å². The minimum Gasteiger partial charge on any atom is -0.465 e. The van der Waals surface area contributed by atoms with Crippen molar-refractivity contribution in [1.82, 2.24) is 9.80 Å². The molecule has 0 bridgehead atoms. The molecule has 1 amide bonds. The predicted molar refractivity (Wildman–Crippen MR) is 96.4 cm³/mol. The van der Waals surface area contributed by atoms with Crippen molar-refractivity contribution < 1.29 is 19.1 Å². The molecule has 2 heterocycles. The van der Waals surface area contributed by atoms with Crippen LogP contribution in [0.1, 0.15) is 52.4 Å². The first-order valence-electron chi connectivity index (χ1n) is 9.93. The molecule has 6 heteroatoms. The van der Waals surface area contributed by atoms with Gasteiger partial charge < -0.3 is 14.4 Å². The van der Waals surface area contributed by atoms with Gasteiger partial charge in [0.05, 0.1) is 19.8 Å². The summed E-state index contributed by atoms with van der Waals surface area (Å²) < 4.78 is 10.3. The Bertz CT molecular complexity index is 414. The van der Waals surface area contributed by atoms with Crippen LogP contribution in [0.2, 0.25) is 0 Å². The van der Waals surface area contributed by atoms with Crippen LogP contribution in [0, 0.1) is 11.8 Å². The first-order chi connectivity index (χ1) is 12.1. The number of esters is 1. The Hall–Kier alpha value is -1.30. The zero-order valence-electron chi connectivity index (χ0n) is 15.9. The van der Waals surface area contributed by atoms with E-state index in [1.807, 2.05) is 11.8 Å². The molecule has 0 aromatic rings. The number of ether oxygens (including phenoxy) is 2. The van der Waals surface area contributed by atoms with Crippen LogP contribution in [0.15, 0.2) is 0 Å². The zero-order chi connectivity index (χ0) is 18.1. The summed E-state index contributed by atoms with van der Waals surface area (Å²) in [4.78, 5) is 27.6. The van der Waals surface area contributed by atoms with Crippen molar-refractivity contribution in [3.63, 3.8) is 0 Å². The van der Waals surface area contributed by atoms with Crippen LogP contribution in [-0.4, -0.2) is 67.8 Å². The quantitative estimate of drug-likeness (QED) is 0.520. The summed E-state index contributed by atoms with van der Waals surface area (Å²) in [5.74, 6) is 1.30. The molecule has 2 saturated heterocycles. The van der Waals surface area contributed by atoms with Gasteiger partial charge in [-0.3, -0.25) is 9.69 Å². The summed E-state index contributed by atoms with van der Waals surface area (Å²) in [6.45, 7) is 8.93. The monoisotopic (exact) mass is 354 g/mol. The van der Waals surface area contributed by atoms with Gasteiger partial charge in [-0.25, -0.2) is 4.79 Å². The lowest BCUT2D eigenvalue weighted by Gasteiger charge is -2.39. The molecule has 6 nitrogen and oxygen atoms in total. The van der Waals surface area contributed by atoms with E-state index in [1.54, 1.807) is 0 Å². The normalized spacial score (nSPS) is 20.5. The highest BCUT2D eigenvalue weighted by Crippen LogP contribution is 2.32. The molecular formula is C19H34N2O4. The highest BCUT2D eigenvalue weighted by Gasteiger charge is 2.31. The molecule has 0 N–H and O–H groups in total. The van der Waals surface area contributed by atoms with Gasteiger partial charge in [0, 0.05) is 13.1 Å². The number of carbonyl (C=O) groups is 2. The maximum atomic E-state index is 12.0. The van der Waals surface area contributed by atoms with Crippen molar-refractivity contribution in [2.24, 2.45) is 11.8 Å². The Morgan fingerprint density at radius 3 is 2.08 bits per heavy atom. The number of nitrogens with zero attached hydrogens (tertiary/aromatic N) is 2. The fraction of sp³-hybridized carbons (Fsp3) is 0.895. The molecule has 0 atom stereocenters. The number of rotatable bonds is 7. The fourth-order valence-electron chi connectivity index (χ4n) is 3.92. The lowest BCUT2D eigenvalue weighted by atomic mass is 9.79. The summed E-state index contributed by atoms with van der Waals surface area (Å²) in [5, 5.41) is 0. The van der Waals surface area contributed by atoms with E-state index in [0.29, 0.717) is 25.7 Å². The molecule has 2 fully saturated rings. The maximum Gasteiger partial charge on any atom is 0.409 e. The summed E-state index contributed by atoms with van der Waals surface area (Å²) >= 11 is 0. The number of amides is 1. The van der Waals surface area contributed by atoms with E-state index in [2.05, 4.69) is 11.8 Å². The smallest absolute Gasteiger partial charge is 0.409 e. The molecule has 25 heavy (non-hydrogen) atoms. The van der Waals surface area contributed by atoms with E-state index in [-0.39, 0.29) is 12.1 Å². The second kappa shape index (κ2) is 10.6. The van der Waals surface area contributed by atoms with Gasteiger partial charge in [-0.1, -0.05) is 13.3 Å². The van der Waals surface area contributed by atoms with Crippen molar-refractivity contribution in [1.29, 1.82) is 0 Å². The van der Waals surface area contributed by atoms with Gasteiger partial charge >= 0.3 is 12.1 Å². The Kier molecular flexibility index (Phi) is 8.52. The average Bonchev–Trinajstić information content (AvgIpc) is 2.63. The predicted octanol–water partition coefficient (Wildman–Crippen LogP) is 2.91. The molecule has 144 valence electrons. The molecular weight excluding hydrogens is 320 g/mol. The first-order valence-corrected chi connectivity index (χ1v) is 9.93. The fourth-order valence-corrected chi connectivity index (χ4v) is 3.92. The Balaban J connectivity index is 1.65. The van der Waals surface area contributed by atoms with Crippen LogP contribution in [0.3, 0.4) is 0 Å². The minimum atomic E-state index is -0.142. The minimum absolute atomic E-state index is 0.115. The Labute approximate surface area is 151 Å². The van der Waals surface area contributed by atoms with Gasteiger partial charge in [0.1, 0.15) is 0 Å². The van der Waals surface area contributed by atoms with Gasteiger partial charge in [-0.2, -0.15) is 0 Å². The van der Waals surface area contributed by atoms with Crippen molar-refractivity contribution in [2.75, 3.05) is 45.9 Å². The van der Waals surface area contributed by atoms with Gasteiger partial charge in [0.25, 0.3) is 0 Å². The van der Waals surface area contributed by atoms with E-state index in [9.17, 15) is 9.59 Å². The number of hydrogen-bond donors (Lipinski definition) is 0. The molecule has 2 aliphatic rings. The number of piperidine rings is 2. The highest BCUT2D eigenvalue weighted by atomic mass is 16.6. The Morgan fingerprint density at radius 1 is 0.920 bits per heavy atom. The van der Waals surface area contributed by atoms with Crippen LogP contribution in [0.5, 0.6) is 0 Å². The van der Waals surface area contributed by atoms with E-state index >= 15 is 0 Å². The molecule has 0 saturated carbocycles. The summed E-state index contributed by atoms with van der Waals surface area (Å²) in [6, 6.07) is 0. The Morgan fingerprint density at radius 2 is 1.52 bits per heavy atom.